The summed E-state index contributed by atoms with van der Waals surface area (Å²) >= 11 is 0. The second kappa shape index (κ2) is 10.1. The summed E-state index contributed by atoms with van der Waals surface area (Å²) in [5.41, 5.74) is 10.8. The van der Waals surface area contributed by atoms with Gasteiger partial charge in [-0.15, -0.1) is 0 Å². The fraction of sp³-hybridized carbons (Fsp3) is 0.207. The van der Waals surface area contributed by atoms with Gasteiger partial charge in [0, 0.05) is 43.7 Å². The highest BCUT2D eigenvalue weighted by molar-refractivity contribution is 5.94. The van der Waals surface area contributed by atoms with E-state index in [0.717, 1.165) is 52.9 Å². The number of fused-ring (bicyclic) bond motifs is 1. The molecule has 1 fully saturated rings. The summed E-state index contributed by atoms with van der Waals surface area (Å²) in [7, 11) is 0. The van der Waals surface area contributed by atoms with Gasteiger partial charge in [-0.2, -0.15) is 0 Å². The van der Waals surface area contributed by atoms with Gasteiger partial charge < -0.3 is 10.6 Å². The van der Waals surface area contributed by atoms with Gasteiger partial charge in [-0.25, -0.2) is 0 Å². The van der Waals surface area contributed by atoms with E-state index in [-0.39, 0.29) is 5.91 Å². The van der Waals surface area contributed by atoms with E-state index in [0.29, 0.717) is 25.1 Å². The minimum atomic E-state index is -0.450. The molecule has 0 unspecified atom stereocenters. The van der Waals surface area contributed by atoms with Gasteiger partial charge in [0.25, 0.3) is 0 Å². The van der Waals surface area contributed by atoms with Crippen molar-refractivity contribution in [2.75, 3.05) is 26.2 Å². The molecule has 1 saturated heterocycles. The molecule has 1 aliphatic heterocycles. The van der Waals surface area contributed by atoms with Crippen molar-refractivity contribution >= 4 is 22.7 Å². The van der Waals surface area contributed by atoms with Crippen LogP contribution in [0.1, 0.15) is 21.6 Å². The van der Waals surface area contributed by atoms with E-state index in [9.17, 15) is 9.59 Å². The molecule has 4 aromatic rings. The molecule has 176 valence electrons. The minimum absolute atomic E-state index is 0.136. The first-order valence-electron chi connectivity index (χ1n) is 11.9. The molecule has 0 aliphatic carbocycles. The molecule has 1 aliphatic rings. The Bertz CT molecular complexity index is 1380. The number of amides is 2. The van der Waals surface area contributed by atoms with Crippen molar-refractivity contribution in [3.8, 4) is 11.1 Å². The molecule has 2 heterocycles. The lowest BCUT2D eigenvalue weighted by Crippen LogP contribution is -2.48. The maximum absolute atomic E-state index is 13.0. The van der Waals surface area contributed by atoms with Crippen LogP contribution in [0.4, 0.5) is 0 Å². The van der Waals surface area contributed by atoms with Crippen LogP contribution in [0, 0.1) is 0 Å². The Morgan fingerprint density at radius 1 is 0.800 bits per heavy atom. The summed E-state index contributed by atoms with van der Waals surface area (Å²) in [6.45, 7) is 3.89. The lowest BCUT2D eigenvalue weighted by atomic mass is 9.99. The van der Waals surface area contributed by atoms with Crippen LogP contribution in [0.2, 0.25) is 0 Å². The SMILES string of the molecule is NC(=O)c1cccc(-c2cccc(CC(=O)N3CCN(Cc4ccc5ccccc5n4)CC3)c2)c1. The lowest BCUT2D eigenvalue weighted by Gasteiger charge is -2.34. The Balaban J connectivity index is 1.18. The zero-order chi connectivity index (χ0) is 24.2. The number of nitrogens with zero attached hydrogens (tertiary/aromatic N) is 3. The first-order valence-corrected chi connectivity index (χ1v) is 11.9. The first kappa shape index (κ1) is 22.7. The highest BCUT2D eigenvalue weighted by atomic mass is 16.2. The summed E-state index contributed by atoms with van der Waals surface area (Å²) in [5, 5.41) is 1.15. The number of hydrogen-bond acceptors (Lipinski definition) is 4. The average molecular weight is 465 g/mol. The molecule has 1 aromatic heterocycles. The van der Waals surface area contributed by atoms with Gasteiger partial charge in [0.05, 0.1) is 17.6 Å². The quantitative estimate of drug-likeness (QED) is 0.470. The number of benzene rings is 3. The highest BCUT2D eigenvalue weighted by Crippen LogP contribution is 2.22. The zero-order valence-electron chi connectivity index (χ0n) is 19.6. The zero-order valence-corrected chi connectivity index (χ0v) is 19.6. The van der Waals surface area contributed by atoms with Crippen molar-refractivity contribution in [1.82, 2.24) is 14.8 Å². The number of hydrogen-bond donors (Lipinski definition) is 1. The van der Waals surface area contributed by atoms with Crippen LogP contribution >= 0.6 is 0 Å². The van der Waals surface area contributed by atoms with E-state index < -0.39 is 5.91 Å². The van der Waals surface area contributed by atoms with E-state index in [1.54, 1.807) is 12.1 Å². The standard InChI is InChI=1S/C29H28N4O2/c30-29(35)25-9-4-8-24(19-25)23-7-3-5-21(17-23)18-28(34)33-15-13-32(14-16-33)20-26-12-11-22-6-1-2-10-27(22)31-26/h1-12,17,19H,13-16,18,20H2,(H2,30,35). The van der Waals surface area contributed by atoms with Crippen molar-refractivity contribution in [3.63, 3.8) is 0 Å². The molecule has 35 heavy (non-hydrogen) atoms. The third-order valence-electron chi connectivity index (χ3n) is 6.53. The third-order valence-corrected chi connectivity index (χ3v) is 6.53. The summed E-state index contributed by atoms with van der Waals surface area (Å²) in [4.78, 5) is 33.6. The summed E-state index contributed by atoms with van der Waals surface area (Å²) in [5.74, 6) is -0.315. The number of primary amides is 1. The molecule has 0 spiro atoms. The van der Waals surface area contributed by atoms with Crippen LogP contribution in [0.25, 0.3) is 22.0 Å². The van der Waals surface area contributed by atoms with Gasteiger partial charge in [0.1, 0.15) is 0 Å². The van der Waals surface area contributed by atoms with Crippen LogP contribution < -0.4 is 5.73 Å². The van der Waals surface area contributed by atoms with Crippen molar-refractivity contribution in [3.05, 3.63) is 102 Å². The Kier molecular flexibility index (Phi) is 6.55. The number of piperazine rings is 1. The van der Waals surface area contributed by atoms with Crippen molar-refractivity contribution in [1.29, 1.82) is 0 Å². The minimum Gasteiger partial charge on any atom is -0.366 e. The molecular weight excluding hydrogens is 436 g/mol. The molecule has 3 aromatic carbocycles. The molecule has 2 amide bonds. The van der Waals surface area contributed by atoms with Crippen molar-refractivity contribution in [2.45, 2.75) is 13.0 Å². The number of pyridine rings is 1. The van der Waals surface area contributed by atoms with Gasteiger partial charge in [-0.05, 0) is 41.0 Å². The molecular formula is C29H28N4O2. The predicted octanol–water partition coefficient (Wildman–Crippen LogP) is 3.89. The molecule has 0 saturated carbocycles. The number of nitrogens with two attached hydrogens (primary N) is 1. The fourth-order valence-electron chi connectivity index (χ4n) is 4.58. The molecule has 6 heteroatoms. The highest BCUT2D eigenvalue weighted by Gasteiger charge is 2.21. The largest absolute Gasteiger partial charge is 0.366 e. The maximum Gasteiger partial charge on any atom is 0.248 e. The van der Waals surface area contributed by atoms with Gasteiger partial charge in [0.2, 0.25) is 11.8 Å². The van der Waals surface area contributed by atoms with Crippen LogP contribution in [0.15, 0.2) is 84.9 Å². The fourth-order valence-corrected chi connectivity index (χ4v) is 4.58. The van der Waals surface area contributed by atoms with Gasteiger partial charge >= 0.3 is 0 Å². The molecule has 6 nitrogen and oxygen atoms in total. The second-order valence-corrected chi connectivity index (χ2v) is 8.97. The topological polar surface area (TPSA) is 79.5 Å². The van der Waals surface area contributed by atoms with E-state index >= 15 is 0 Å². The molecule has 0 radical (unpaired) electrons. The monoisotopic (exact) mass is 464 g/mol. The summed E-state index contributed by atoms with van der Waals surface area (Å²) in [6.07, 6.45) is 0.357. The van der Waals surface area contributed by atoms with Gasteiger partial charge in [-0.3, -0.25) is 19.5 Å². The molecule has 0 atom stereocenters. The van der Waals surface area contributed by atoms with E-state index in [4.69, 9.17) is 10.7 Å². The molecule has 0 bridgehead atoms. The second-order valence-electron chi connectivity index (χ2n) is 8.97. The number of carbonyl (C=O) groups is 2. The van der Waals surface area contributed by atoms with Crippen LogP contribution in [0.5, 0.6) is 0 Å². The summed E-state index contributed by atoms with van der Waals surface area (Å²) < 4.78 is 0. The summed E-state index contributed by atoms with van der Waals surface area (Å²) in [6, 6.07) is 27.5. The average Bonchev–Trinajstić information content (AvgIpc) is 2.89. The normalized spacial score (nSPS) is 14.2. The molecule has 5 rings (SSSR count). The van der Waals surface area contributed by atoms with Gasteiger partial charge in [-0.1, -0.05) is 60.7 Å². The van der Waals surface area contributed by atoms with Crippen LogP contribution in [-0.2, 0) is 17.8 Å². The van der Waals surface area contributed by atoms with E-state index in [2.05, 4.69) is 23.1 Å². The van der Waals surface area contributed by atoms with Crippen molar-refractivity contribution in [2.24, 2.45) is 5.73 Å². The number of rotatable bonds is 6. The molecule has 2 N–H and O–H groups in total. The smallest absolute Gasteiger partial charge is 0.248 e. The van der Waals surface area contributed by atoms with Crippen LogP contribution in [0.3, 0.4) is 0 Å². The van der Waals surface area contributed by atoms with Crippen molar-refractivity contribution < 1.29 is 9.59 Å². The number of aromatic nitrogens is 1. The van der Waals surface area contributed by atoms with E-state index in [1.165, 1.54) is 0 Å². The Morgan fingerprint density at radius 3 is 2.34 bits per heavy atom. The first-order chi connectivity index (χ1) is 17.0. The van der Waals surface area contributed by atoms with E-state index in [1.807, 2.05) is 59.5 Å². The Labute approximate surface area is 205 Å². The maximum atomic E-state index is 13.0. The van der Waals surface area contributed by atoms with Crippen LogP contribution in [-0.4, -0.2) is 52.8 Å². The number of para-hydroxylation sites is 1. The Morgan fingerprint density at radius 2 is 1.54 bits per heavy atom. The van der Waals surface area contributed by atoms with Gasteiger partial charge in [0.15, 0.2) is 0 Å². The lowest BCUT2D eigenvalue weighted by molar-refractivity contribution is -0.132. The number of carbonyl (C=O) groups excluding carboxylic acids is 2. The predicted molar refractivity (Wildman–Crippen MR) is 138 cm³/mol. The Hall–Kier alpha value is -4.03. The third kappa shape index (κ3) is 5.39.